The summed E-state index contributed by atoms with van der Waals surface area (Å²) < 4.78 is 4.91. The van der Waals surface area contributed by atoms with Crippen molar-refractivity contribution in [1.82, 2.24) is 10.1 Å². The molecule has 2 aliphatic rings. The molecule has 1 aliphatic heterocycles. The van der Waals surface area contributed by atoms with E-state index in [1.165, 1.54) is 0 Å². The molecule has 0 bridgehead atoms. The maximum Gasteiger partial charge on any atom is 0.226 e. The number of aromatic nitrogens is 1. The highest BCUT2D eigenvalue weighted by atomic mass is 35.5. The summed E-state index contributed by atoms with van der Waals surface area (Å²) >= 11 is 0. The molecule has 3 N–H and O–H groups in total. The van der Waals surface area contributed by atoms with Crippen LogP contribution in [0.15, 0.2) is 10.8 Å². The molecule has 106 valence electrons. The maximum absolute atomic E-state index is 12.3. The Kier molecular flexibility index (Phi) is 4.13. The van der Waals surface area contributed by atoms with Crippen molar-refractivity contribution in [3.63, 3.8) is 0 Å². The molecule has 3 rings (SSSR count). The minimum absolute atomic E-state index is 0. The molecule has 0 unspecified atom stereocenters. The van der Waals surface area contributed by atoms with Crippen molar-refractivity contribution >= 4 is 18.3 Å². The molecular weight excluding hydrogens is 270 g/mol. The van der Waals surface area contributed by atoms with Gasteiger partial charge >= 0.3 is 0 Å². The molecular formula is C12H18ClN3O3. The highest BCUT2D eigenvalue weighted by Crippen LogP contribution is 2.28. The molecule has 1 saturated carbocycles. The van der Waals surface area contributed by atoms with Crippen LogP contribution in [-0.4, -0.2) is 39.8 Å². The van der Waals surface area contributed by atoms with Gasteiger partial charge < -0.3 is 20.3 Å². The second kappa shape index (κ2) is 5.48. The third kappa shape index (κ3) is 2.61. The van der Waals surface area contributed by atoms with Gasteiger partial charge in [0.2, 0.25) is 5.91 Å². The summed E-state index contributed by atoms with van der Waals surface area (Å²) in [5, 5.41) is 13.5. The zero-order valence-electron chi connectivity index (χ0n) is 10.5. The quantitative estimate of drug-likeness (QED) is 0.763. The van der Waals surface area contributed by atoms with E-state index in [9.17, 15) is 9.90 Å². The first-order chi connectivity index (χ1) is 8.65. The number of nitrogens with two attached hydrogens (primary N) is 1. The van der Waals surface area contributed by atoms with E-state index < -0.39 is 6.10 Å². The number of aliphatic hydroxyl groups is 1. The summed E-state index contributed by atoms with van der Waals surface area (Å²) in [5.41, 5.74) is 7.68. The number of carbonyl (C=O) groups is 1. The van der Waals surface area contributed by atoms with Gasteiger partial charge in [0.25, 0.3) is 0 Å². The minimum atomic E-state index is -0.546. The normalized spacial score (nSPS) is 29.8. The summed E-state index contributed by atoms with van der Waals surface area (Å²) in [6.07, 6.45) is 2.85. The Morgan fingerprint density at radius 1 is 1.53 bits per heavy atom. The van der Waals surface area contributed by atoms with Gasteiger partial charge in [-0.05, 0) is 12.8 Å². The molecule has 1 aromatic rings. The average molecular weight is 288 g/mol. The number of fused-ring (bicyclic) bond motifs is 1. The predicted octanol–water partition coefficient (Wildman–Crippen LogP) is 0.0793. The van der Waals surface area contributed by atoms with E-state index in [1.807, 2.05) is 4.90 Å². The van der Waals surface area contributed by atoms with E-state index in [4.69, 9.17) is 10.3 Å². The zero-order valence-corrected chi connectivity index (χ0v) is 11.3. The maximum atomic E-state index is 12.3. The van der Waals surface area contributed by atoms with Crippen LogP contribution in [0.1, 0.15) is 24.1 Å². The van der Waals surface area contributed by atoms with Gasteiger partial charge in [-0.15, -0.1) is 12.4 Å². The second-order valence-corrected chi connectivity index (χ2v) is 5.20. The molecule has 1 fully saturated rings. The van der Waals surface area contributed by atoms with Gasteiger partial charge in [0.05, 0.1) is 18.3 Å². The number of hydrogen-bond acceptors (Lipinski definition) is 5. The van der Waals surface area contributed by atoms with Crippen LogP contribution in [0.2, 0.25) is 0 Å². The van der Waals surface area contributed by atoms with Gasteiger partial charge in [0.1, 0.15) is 6.26 Å². The third-order valence-electron chi connectivity index (χ3n) is 3.95. The van der Waals surface area contributed by atoms with Crippen LogP contribution in [0.3, 0.4) is 0 Å². The molecule has 0 aromatic carbocycles. The summed E-state index contributed by atoms with van der Waals surface area (Å²) in [4.78, 5) is 14.1. The summed E-state index contributed by atoms with van der Waals surface area (Å²) in [5.74, 6) is -0.0507. The molecule has 19 heavy (non-hydrogen) atoms. The molecule has 7 heteroatoms. The monoisotopic (exact) mass is 287 g/mol. The van der Waals surface area contributed by atoms with Gasteiger partial charge in [0.15, 0.2) is 0 Å². The third-order valence-corrected chi connectivity index (χ3v) is 3.95. The Labute approximate surface area is 117 Å². The van der Waals surface area contributed by atoms with E-state index in [0.717, 1.165) is 17.7 Å². The molecule has 0 spiro atoms. The molecule has 1 aliphatic carbocycles. The van der Waals surface area contributed by atoms with E-state index in [2.05, 4.69) is 5.16 Å². The van der Waals surface area contributed by atoms with Gasteiger partial charge in [-0.1, -0.05) is 5.16 Å². The number of aliphatic hydroxyl groups excluding tert-OH is 1. The van der Waals surface area contributed by atoms with Crippen LogP contribution in [0.25, 0.3) is 0 Å². The Bertz CT molecular complexity index is 455. The number of hydrogen-bond donors (Lipinski definition) is 2. The van der Waals surface area contributed by atoms with Crippen molar-refractivity contribution in [3.05, 3.63) is 17.5 Å². The van der Waals surface area contributed by atoms with Crippen LogP contribution < -0.4 is 5.73 Å². The SMILES string of the molecule is Cl.N[C@H]1C[C@H](C(=O)N2CCc3nocc3C2)C[C@@H]1O. The van der Waals surface area contributed by atoms with Crippen LogP contribution >= 0.6 is 12.4 Å². The van der Waals surface area contributed by atoms with Crippen molar-refractivity contribution in [2.24, 2.45) is 11.7 Å². The van der Waals surface area contributed by atoms with Gasteiger partial charge in [0, 0.05) is 30.5 Å². The van der Waals surface area contributed by atoms with Crippen molar-refractivity contribution in [1.29, 1.82) is 0 Å². The molecule has 6 nitrogen and oxygen atoms in total. The molecule has 3 atom stereocenters. The highest BCUT2D eigenvalue weighted by molar-refractivity contribution is 5.85. The molecule has 0 radical (unpaired) electrons. The topological polar surface area (TPSA) is 92.6 Å². The minimum Gasteiger partial charge on any atom is -0.391 e. The lowest BCUT2D eigenvalue weighted by atomic mass is 10.0. The Balaban J connectivity index is 0.00000133. The first kappa shape index (κ1) is 14.3. The lowest BCUT2D eigenvalue weighted by molar-refractivity contribution is -0.136. The molecule has 1 aromatic heterocycles. The lowest BCUT2D eigenvalue weighted by Crippen LogP contribution is -2.39. The molecule has 2 heterocycles. The second-order valence-electron chi connectivity index (χ2n) is 5.20. The Morgan fingerprint density at radius 3 is 3.00 bits per heavy atom. The van der Waals surface area contributed by atoms with Crippen molar-refractivity contribution < 1.29 is 14.4 Å². The number of carbonyl (C=O) groups excluding carboxylic acids is 1. The Hall–Kier alpha value is -1.11. The van der Waals surface area contributed by atoms with E-state index >= 15 is 0 Å². The number of nitrogens with zero attached hydrogens (tertiary/aromatic N) is 2. The number of amides is 1. The van der Waals surface area contributed by atoms with Gasteiger partial charge in [-0.3, -0.25) is 4.79 Å². The van der Waals surface area contributed by atoms with Crippen LogP contribution in [-0.2, 0) is 17.8 Å². The first-order valence-corrected chi connectivity index (χ1v) is 6.29. The van der Waals surface area contributed by atoms with E-state index in [1.54, 1.807) is 6.26 Å². The summed E-state index contributed by atoms with van der Waals surface area (Å²) in [7, 11) is 0. The number of halogens is 1. The standard InChI is InChI=1S/C12H17N3O3.ClH/c13-9-3-7(4-11(9)16)12(17)15-2-1-10-8(5-15)6-18-14-10;/h6-7,9,11,16H,1-5,13H2;1H/t7-,9-,11-;/m0./s1. The van der Waals surface area contributed by atoms with Crippen molar-refractivity contribution in [2.75, 3.05) is 6.54 Å². The van der Waals surface area contributed by atoms with Crippen LogP contribution in [0, 0.1) is 5.92 Å². The van der Waals surface area contributed by atoms with E-state index in [-0.39, 0.29) is 30.3 Å². The van der Waals surface area contributed by atoms with Crippen molar-refractivity contribution in [3.8, 4) is 0 Å². The highest BCUT2D eigenvalue weighted by Gasteiger charge is 2.37. The largest absolute Gasteiger partial charge is 0.391 e. The van der Waals surface area contributed by atoms with Crippen LogP contribution in [0.5, 0.6) is 0 Å². The average Bonchev–Trinajstić information content (AvgIpc) is 2.95. The van der Waals surface area contributed by atoms with Crippen molar-refractivity contribution in [2.45, 2.75) is 38.0 Å². The lowest BCUT2D eigenvalue weighted by Gasteiger charge is -2.28. The zero-order chi connectivity index (χ0) is 12.7. The predicted molar refractivity (Wildman–Crippen MR) is 69.6 cm³/mol. The smallest absolute Gasteiger partial charge is 0.226 e. The summed E-state index contributed by atoms with van der Waals surface area (Å²) in [6.45, 7) is 1.22. The fourth-order valence-corrected chi connectivity index (χ4v) is 2.84. The molecule has 0 saturated heterocycles. The summed E-state index contributed by atoms with van der Waals surface area (Å²) in [6, 6.07) is -0.269. The first-order valence-electron chi connectivity index (χ1n) is 6.29. The van der Waals surface area contributed by atoms with Gasteiger partial charge in [-0.2, -0.15) is 0 Å². The van der Waals surface area contributed by atoms with E-state index in [0.29, 0.717) is 25.9 Å². The fourth-order valence-electron chi connectivity index (χ4n) is 2.84. The van der Waals surface area contributed by atoms with Gasteiger partial charge in [-0.25, -0.2) is 0 Å². The number of rotatable bonds is 1. The fraction of sp³-hybridized carbons (Fsp3) is 0.667. The Morgan fingerprint density at radius 2 is 2.32 bits per heavy atom. The molecule has 1 amide bonds. The van der Waals surface area contributed by atoms with Crippen LogP contribution in [0.4, 0.5) is 0 Å².